The Labute approximate surface area is 110 Å². The van der Waals surface area contributed by atoms with Gasteiger partial charge in [-0.3, -0.25) is 0 Å². The summed E-state index contributed by atoms with van der Waals surface area (Å²) < 4.78 is 0. The van der Waals surface area contributed by atoms with Gasteiger partial charge in [-0.2, -0.15) is 0 Å². The van der Waals surface area contributed by atoms with Gasteiger partial charge in [0.1, 0.15) is 5.82 Å². The molecule has 18 heavy (non-hydrogen) atoms. The van der Waals surface area contributed by atoms with Crippen LogP contribution in [0.4, 0.5) is 5.69 Å². The molecule has 0 aliphatic heterocycles. The molecule has 0 aliphatic carbocycles. The number of halogens is 1. The van der Waals surface area contributed by atoms with Gasteiger partial charge in [0.2, 0.25) is 0 Å². The number of aryl methyl sites for hydroxylation is 1. The fourth-order valence-corrected chi connectivity index (χ4v) is 2.05. The number of imidazole rings is 1. The molecule has 0 amide bonds. The van der Waals surface area contributed by atoms with Crippen molar-refractivity contribution in [2.45, 2.75) is 6.92 Å². The summed E-state index contributed by atoms with van der Waals surface area (Å²) in [7, 11) is 0. The molecule has 0 unspecified atom stereocenters. The Bertz CT molecular complexity index is 675. The Morgan fingerprint density at radius 1 is 1.17 bits per heavy atom. The van der Waals surface area contributed by atoms with E-state index in [-0.39, 0.29) is 0 Å². The average molecular weight is 258 g/mol. The SMILES string of the molecule is Cc1cc2[nH]c(-c3ccc(Cl)cc3)nc2cc1N. The number of nitrogens with zero attached hydrogens (tertiary/aromatic N) is 1. The number of rotatable bonds is 1. The van der Waals surface area contributed by atoms with Crippen LogP contribution < -0.4 is 5.73 Å². The minimum absolute atomic E-state index is 0.718. The Morgan fingerprint density at radius 2 is 1.89 bits per heavy atom. The summed E-state index contributed by atoms with van der Waals surface area (Å²) in [6, 6.07) is 11.5. The molecule has 0 radical (unpaired) electrons. The van der Waals surface area contributed by atoms with Crippen LogP contribution in [0.2, 0.25) is 5.02 Å². The average Bonchev–Trinajstić information content (AvgIpc) is 2.73. The summed E-state index contributed by atoms with van der Waals surface area (Å²) in [6.45, 7) is 1.98. The molecular formula is C14H12ClN3. The molecule has 0 spiro atoms. The summed E-state index contributed by atoms with van der Waals surface area (Å²) in [6.07, 6.45) is 0. The van der Waals surface area contributed by atoms with Gasteiger partial charge in [0.15, 0.2) is 0 Å². The first-order valence-electron chi connectivity index (χ1n) is 5.65. The maximum Gasteiger partial charge on any atom is 0.138 e. The van der Waals surface area contributed by atoms with Crippen LogP contribution in [-0.4, -0.2) is 9.97 Å². The van der Waals surface area contributed by atoms with Crippen molar-refractivity contribution in [3.05, 3.63) is 47.0 Å². The zero-order chi connectivity index (χ0) is 12.7. The molecule has 4 heteroatoms. The highest BCUT2D eigenvalue weighted by atomic mass is 35.5. The third kappa shape index (κ3) is 1.83. The van der Waals surface area contributed by atoms with E-state index < -0.39 is 0 Å². The van der Waals surface area contributed by atoms with Crippen LogP contribution >= 0.6 is 11.6 Å². The normalized spacial score (nSPS) is 11.0. The van der Waals surface area contributed by atoms with E-state index in [4.69, 9.17) is 17.3 Å². The van der Waals surface area contributed by atoms with Gasteiger partial charge in [-0.05, 0) is 48.9 Å². The quantitative estimate of drug-likeness (QED) is 0.652. The molecule has 2 aromatic carbocycles. The first-order chi connectivity index (χ1) is 8.63. The number of aromatic nitrogens is 2. The standard InChI is InChI=1S/C14H12ClN3/c1-8-6-12-13(7-11(8)16)18-14(17-12)9-2-4-10(15)5-3-9/h2-7H,16H2,1H3,(H,17,18). The lowest BCUT2D eigenvalue weighted by Crippen LogP contribution is -1.88. The number of nitrogen functional groups attached to an aromatic ring is 1. The van der Waals surface area contributed by atoms with Crippen molar-refractivity contribution < 1.29 is 0 Å². The highest BCUT2D eigenvalue weighted by Gasteiger charge is 2.06. The van der Waals surface area contributed by atoms with E-state index in [1.807, 2.05) is 43.3 Å². The van der Waals surface area contributed by atoms with Crippen molar-refractivity contribution >= 4 is 28.3 Å². The van der Waals surface area contributed by atoms with Crippen molar-refractivity contribution in [2.75, 3.05) is 5.73 Å². The van der Waals surface area contributed by atoms with E-state index in [1.165, 1.54) is 0 Å². The molecule has 0 bridgehead atoms. The molecule has 0 saturated carbocycles. The topological polar surface area (TPSA) is 54.7 Å². The fraction of sp³-hybridized carbons (Fsp3) is 0.0714. The molecule has 1 aromatic heterocycles. The zero-order valence-corrected chi connectivity index (χ0v) is 10.6. The molecule has 0 atom stereocenters. The van der Waals surface area contributed by atoms with Crippen LogP contribution in [0.25, 0.3) is 22.4 Å². The monoisotopic (exact) mass is 257 g/mol. The van der Waals surface area contributed by atoms with Gasteiger partial charge in [0.25, 0.3) is 0 Å². The zero-order valence-electron chi connectivity index (χ0n) is 9.87. The number of nitrogens with one attached hydrogen (secondary N) is 1. The summed E-state index contributed by atoms with van der Waals surface area (Å²) >= 11 is 5.87. The van der Waals surface area contributed by atoms with Crippen molar-refractivity contribution in [2.24, 2.45) is 0 Å². The Balaban J connectivity index is 2.16. The van der Waals surface area contributed by atoms with Gasteiger partial charge in [-0.15, -0.1) is 0 Å². The molecule has 3 nitrogen and oxygen atoms in total. The number of H-pyrrole nitrogens is 1. The number of hydrogen-bond acceptors (Lipinski definition) is 2. The van der Waals surface area contributed by atoms with Crippen molar-refractivity contribution in [1.82, 2.24) is 9.97 Å². The van der Waals surface area contributed by atoms with Crippen LogP contribution in [0, 0.1) is 6.92 Å². The van der Waals surface area contributed by atoms with Gasteiger partial charge in [-0.1, -0.05) is 11.6 Å². The van der Waals surface area contributed by atoms with Crippen molar-refractivity contribution in [1.29, 1.82) is 0 Å². The molecule has 0 saturated heterocycles. The number of nitrogens with two attached hydrogens (primary N) is 1. The van der Waals surface area contributed by atoms with Gasteiger partial charge >= 0.3 is 0 Å². The summed E-state index contributed by atoms with van der Waals surface area (Å²) in [4.78, 5) is 7.83. The van der Waals surface area contributed by atoms with E-state index in [0.717, 1.165) is 38.7 Å². The lowest BCUT2D eigenvalue weighted by atomic mass is 10.2. The van der Waals surface area contributed by atoms with Crippen molar-refractivity contribution in [3.63, 3.8) is 0 Å². The molecule has 0 aliphatic rings. The third-order valence-electron chi connectivity index (χ3n) is 2.99. The predicted octanol–water partition coefficient (Wildman–Crippen LogP) is 3.77. The van der Waals surface area contributed by atoms with Gasteiger partial charge in [-0.25, -0.2) is 4.98 Å². The molecule has 3 rings (SSSR count). The first-order valence-corrected chi connectivity index (χ1v) is 6.03. The minimum atomic E-state index is 0.718. The van der Waals surface area contributed by atoms with E-state index in [1.54, 1.807) is 0 Å². The molecule has 1 heterocycles. The molecule has 90 valence electrons. The summed E-state index contributed by atoms with van der Waals surface area (Å²) in [5.41, 5.74) is 10.6. The van der Waals surface area contributed by atoms with E-state index in [2.05, 4.69) is 9.97 Å². The first kappa shape index (κ1) is 11.1. The summed E-state index contributed by atoms with van der Waals surface area (Å²) in [5, 5.41) is 0.718. The fourth-order valence-electron chi connectivity index (χ4n) is 1.93. The Morgan fingerprint density at radius 3 is 2.61 bits per heavy atom. The second-order valence-corrected chi connectivity index (χ2v) is 4.75. The minimum Gasteiger partial charge on any atom is -0.398 e. The second-order valence-electron chi connectivity index (χ2n) is 4.32. The molecule has 0 fully saturated rings. The Kier molecular flexibility index (Phi) is 2.49. The van der Waals surface area contributed by atoms with Crippen LogP contribution in [0.1, 0.15) is 5.56 Å². The Hall–Kier alpha value is -2.00. The number of anilines is 1. The number of benzene rings is 2. The van der Waals surface area contributed by atoms with E-state index >= 15 is 0 Å². The lowest BCUT2D eigenvalue weighted by Gasteiger charge is -1.97. The number of hydrogen-bond donors (Lipinski definition) is 2. The van der Waals surface area contributed by atoms with Crippen LogP contribution in [0.3, 0.4) is 0 Å². The molecular weight excluding hydrogens is 246 g/mol. The number of fused-ring (bicyclic) bond motifs is 1. The van der Waals surface area contributed by atoms with Gasteiger partial charge < -0.3 is 10.7 Å². The smallest absolute Gasteiger partial charge is 0.138 e. The van der Waals surface area contributed by atoms with Crippen LogP contribution in [0.5, 0.6) is 0 Å². The second kappa shape index (κ2) is 4.03. The van der Waals surface area contributed by atoms with Gasteiger partial charge in [0, 0.05) is 16.3 Å². The molecule has 3 N–H and O–H groups in total. The highest BCUT2D eigenvalue weighted by Crippen LogP contribution is 2.24. The number of aromatic amines is 1. The summed E-state index contributed by atoms with van der Waals surface area (Å²) in [5.74, 6) is 0.826. The van der Waals surface area contributed by atoms with Crippen LogP contribution in [-0.2, 0) is 0 Å². The largest absolute Gasteiger partial charge is 0.398 e. The van der Waals surface area contributed by atoms with E-state index in [0.29, 0.717) is 0 Å². The van der Waals surface area contributed by atoms with Crippen LogP contribution in [0.15, 0.2) is 36.4 Å². The highest BCUT2D eigenvalue weighted by molar-refractivity contribution is 6.30. The third-order valence-corrected chi connectivity index (χ3v) is 3.24. The lowest BCUT2D eigenvalue weighted by molar-refractivity contribution is 1.34. The maximum atomic E-state index is 5.88. The maximum absolute atomic E-state index is 5.88. The molecule has 3 aromatic rings. The van der Waals surface area contributed by atoms with Gasteiger partial charge in [0.05, 0.1) is 11.0 Å². The predicted molar refractivity (Wildman–Crippen MR) is 75.7 cm³/mol. The van der Waals surface area contributed by atoms with Crippen molar-refractivity contribution in [3.8, 4) is 11.4 Å². The van der Waals surface area contributed by atoms with E-state index in [9.17, 15) is 0 Å².